The van der Waals surface area contributed by atoms with E-state index in [9.17, 15) is 0 Å². The fraction of sp³-hybridized carbons (Fsp3) is 0.333. The second-order valence-electron chi connectivity index (χ2n) is 5.90. The number of halogens is 1. The Bertz CT molecular complexity index is 686. The third-order valence-electron chi connectivity index (χ3n) is 4.04. The summed E-state index contributed by atoms with van der Waals surface area (Å²) in [6, 6.07) is 8.31. The van der Waals surface area contributed by atoms with Crippen LogP contribution >= 0.6 is 11.6 Å². The summed E-state index contributed by atoms with van der Waals surface area (Å²) in [7, 11) is 0. The summed E-state index contributed by atoms with van der Waals surface area (Å²) >= 11 is 6.11. The first kappa shape index (κ1) is 14.3. The van der Waals surface area contributed by atoms with E-state index < -0.39 is 0 Å². The van der Waals surface area contributed by atoms with E-state index in [4.69, 9.17) is 16.3 Å². The molecule has 110 valence electrons. The Balaban J connectivity index is 2.01. The number of fused-ring (bicyclic) bond motifs is 1. The lowest BCUT2D eigenvalue weighted by molar-refractivity contribution is 0.207. The molecule has 0 saturated carbocycles. The van der Waals surface area contributed by atoms with E-state index in [-0.39, 0.29) is 6.10 Å². The van der Waals surface area contributed by atoms with Crippen molar-refractivity contribution in [2.45, 2.75) is 33.8 Å². The maximum atomic E-state index is 6.28. The van der Waals surface area contributed by atoms with Crippen LogP contribution in [0.3, 0.4) is 0 Å². The monoisotopic (exact) mass is 301 g/mol. The van der Waals surface area contributed by atoms with Crippen LogP contribution < -0.4 is 10.1 Å². The second-order valence-corrected chi connectivity index (χ2v) is 6.34. The molecular formula is C18H20ClNO. The third kappa shape index (κ3) is 2.60. The predicted octanol–water partition coefficient (Wildman–Crippen LogP) is 5.12. The molecule has 3 heteroatoms. The summed E-state index contributed by atoms with van der Waals surface area (Å²) in [6.07, 6.45) is 0.0398. The topological polar surface area (TPSA) is 21.3 Å². The van der Waals surface area contributed by atoms with E-state index in [0.29, 0.717) is 0 Å². The largest absolute Gasteiger partial charge is 0.481 e. The fourth-order valence-electron chi connectivity index (χ4n) is 3.26. The molecule has 2 aromatic rings. The highest BCUT2D eigenvalue weighted by Crippen LogP contribution is 2.40. The van der Waals surface area contributed by atoms with Crippen LogP contribution in [0, 0.1) is 27.7 Å². The van der Waals surface area contributed by atoms with Gasteiger partial charge >= 0.3 is 0 Å². The van der Waals surface area contributed by atoms with Gasteiger partial charge in [-0.15, -0.1) is 0 Å². The van der Waals surface area contributed by atoms with E-state index in [0.717, 1.165) is 28.6 Å². The molecule has 1 aliphatic rings. The minimum atomic E-state index is 0.0398. The van der Waals surface area contributed by atoms with E-state index in [1.165, 1.54) is 22.3 Å². The van der Waals surface area contributed by atoms with Gasteiger partial charge in [0.05, 0.1) is 12.2 Å². The van der Waals surface area contributed by atoms with Crippen molar-refractivity contribution in [3.8, 4) is 5.75 Å². The van der Waals surface area contributed by atoms with Gasteiger partial charge in [0.25, 0.3) is 0 Å². The lowest BCUT2D eigenvalue weighted by atomic mass is 9.94. The number of benzene rings is 2. The van der Waals surface area contributed by atoms with Crippen LogP contribution in [0.2, 0.25) is 5.02 Å². The van der Waals surface area contributed by atoms with Gasteiger partial charge in [0.15, 0.2) is 0 Å². The summed E-state index contributed by atoms with van der Waals surface area (Å²) in [6.45, 7) is 9.23. The quantitative estimate of drug-likeness (QED) is 0.789. The van der Waals surface area contributed by atoms with E-state index >= 15 is 0 Å². The molecule has 0 aromatic heterocycles. The lowest BCUT2D eigenvalue weighted by Gasteiger charge is -2.31. The summed E-state index contributed by atoms with van der Waals surface area (Å²) < 4.78 is 6.28. The molecule has 0 saturated heterocycles. The van der Waals surface area contributed by atoms with Crippen molar-refractivity contribution < 1.29 is 4.74 Å². The summed E-state index contributed by atoms with van der Waals surface area (Å²) in [5.74, 6) is 0.912. The van der Waals surface area contributed by atoms with E-state index in [1.54, 1.807) is 0 Å². The molecule has 21 heavy (non-hydrogen) atoms. The third-order valence-corrected chi connectivity index (χ3v) is 4.26. The molecule has 2 nitrogen and oxygen atoms in total. The van der Waals surface area contributed by atoms with E-state index in [2.05, 4.69) is 38.2 Å². The molecule has 0 radical (unpaired) electrons. The van der Waals surface area contributed by atoms with Gasteiger partial charge in [-0.3, -0.25) is 0 Å². The summed E-state index contributed by atoms with van der Waals surface area (Å²) in [4.78, 5) is 0. The van der Waals surface area contributed by atoms with Crippen LogP contribution in [-0.2, 0) is 0 Å². The molecule has 3 rings (SSSR count). The number of aryl methyl sites for hydroxylation is 4. The zero-order valence-corrected chi connectivity index (χ0v) is 13.6. The lowest BCUT2D eigenvalue weighted by Crippen LogP contribution is -2.25. The predicted molar refractivity (Wildman–Crippen MR) is 88.7 cm³/mol. The van der Waals surface area contributed by atoms with Crippen molar-refractivity contribution in [2.24, 2.45) is 0 Å². The molecule has 1 atom stereocenters. The number of anilines is 1. The van der Waals surface area contributed by atoms with Gasteiger partial charge in [-0.1, -0.05) is 29.3 Å². The highest BCUT2D eigenvalue weighted by Gasteiger charge is 2.25. The van der Waals surface area contributed by atoms with Gasteiger partial charge in [-0.2, -0.15) is 0 Å². The average molecular weight is 302 g/mol. The number of hydrogen-bond donors (Lipinski definition) is 1. The summed E-state index contributed by atoms with van der Waals surface area (Å²) in [5, 5.41) is 4.19. The standard InChI is InChI=1S/C18H20ClNO/c1-10-5-11(2)17(12(3)6-10)16-9-20-15-8-14(19)7-13(4)18(15)21-16/h5-8,16,20H,9H2,1-4H3. The Morgan fingerprint density at radius 3 is 2.33 bits per heavy atom. The zero-order valence-electron chi connectivity index (χ0n) is 12.9. The van der Waals surface area contributed by atoms with Crippen LogP contribution in [0.1, 0.15) is 33.9 Å². The van der Waals surface area contributed by atoms with Crippen LogP contribution in [0.15, 0.2) is 24.3 Å². The van der Waals surface area contributed by atoms with Crippen LogP contribution in [0.4, 0.5) is 5.69 Å². The molecule has 0 amide bonds. The Morgan fingerprint density at radius 1 is 1.00 bits per heavy atom. The first-order valence-corrected chi connectivity index (χ1v) is 7.62. The minimum Gasteiger partial charge on any atom is -0.481 e. The number of nitrogens with one attached hydrogen (secondary N) is 1. The Labute approximate surface area is 131 Å². The van der Waals surface area contributed by atoms with Crippen molar-refractivity contribution in [3.05, 3.63) is 57.1 Å². The SMILES string of the molecule is Cc1cc(C)c(C2CNc3cc(Cl)cc(C)c3O2)c(C)c1. The normalized spacial score (nSPS) is 16.9. The van der Waals surface area contributed by atoms with Crippen molar-refractivity contribution in [1.82, 2.24) is 0 Å². The van der Waals surface area contributed by atoms with Crippen molar-refractivity contribution in [1.29, 1.82) is 0 Å². The molecule has 0 bridgehead atoms. The Morgan fingerprint density at radius 2 is 1.67 bits per heavy atom. The maximum absolute atomic E-state index is 6.28. The number of rotatable bonds is 1. The zero-order chi connectivity index (χ0) is 15.1. The molecule has 1 aliphatic heterocycles. The molecule has 0 fully saturated rings. The van der Waals surface area contributed by atoms with Gasteiger partial charge < -0.3 is 10.1 Å². The van der Waals surface area contributed by atoms with Crippen molar-refractivity contribution >= 4 is 17.3 Å². The number of ether oxygens (including phenoxy) is 1. The van der Waals surface area contributed by atoms with Crippen LogP contribution in [0.5, 0.6) is 5.75 Å². The van der Waals surface area contributed by atoms with Crippen LogP contribution in [0.25, 0.3) is 0 Å². The Kier molecular flexibility index (Phi) is 3.58. The van der Waals surface area contributed by atoms with Gasteiger partial charge in [0, 0.05) is 5.02 Å². The highest BCUT2D eigenvalue weighted by atomic mass is 35.5. The second kappa shape index (κ2) is 5.27. The molecule has 0 spiro atoms. The van der Waals surface area contributed by atoms with E-state index in [1.807, 2.05) is 19.1 Å². The molecule has 2 aromatic carbocycles. The highest BCUT2D eigenvalue weighted by molar-refractivity contribution is 6.31. The molecule has 1 heterocycles. The first-order chi connectivity index (χ1) is 9.95. The average Bonchev–Trinajstić information content (AvgIpc) is 2.38. The molecular weight excluding hydrogens is 282 g/mol. The van der Waals surface area contributed by atoms with Gasteiger partial charge in [0.1, 0.15) is 11.9 Å². The minimum absolute atomic E-state index is 0.0398. The maximum Gasteiger partial charge on any atom is 0.146 e. The Hall–Kier alpha value is -1.67. The molecule has 0 aliphatic carbocycles. The summed E-state index contributed by atoms with van der Waals surface area (Å²) in [5.41, 5.74) is 7.20. The first-order valence-electron chi connectivity index (χ1n) is 7.24. The smallest absolute Gasteiger partial charge is 0.146 e. The molecule has 1 unspecified atom stereocenters. The molecule has 1 N–H and O–H groups in total. The fourth-order valence-corrected chi connectivity index (χ4v) is 3.54. The van der Waals surface area contributed by atoms with Crippen molar-refractivity contribution in [3.63, 3.8) is 0 Å². The van der Waals surface area contributed by atoms with Gasteiger partial charge in [0.2, 0.25) is 0 Å². The van der Waals surface area contributed by atoms with Gasteiger partial charge in [-0.25, -0.2) is 0 Å². The van der Waals surface area contributed by atoms with Crippen molar-refractivity contribution in [2.75, 3.05) is 11.9 Å². The van der Waals surface area contributed by atoms with Gasteiger partial charge in [-0.05, 0) is 62.1 Å². The number of hydrogen-bond acceptors (Lipinski definition) is 2. The van der Waals surface area contributed by atoms with Crippen LogP contribution in [-0.4, -0.2) is 6.54 Å².